The molecule has 2 aromatic carbocycles. The number of alkyl carbamates (subject to hydrolysis) is 1. The summed E-state index contributed by atoms with van der Waals surface area (Å²) in [5, 5.41) is 5.32. The topological polar surface area (TPSA) is 93.7 Å². The Morgan fingerprint density at radius 3 is 2.15 bits per heavy atom. The van der Waals surface area contributed by atoms with Crippen molar-refractivity contribution >= 4 is 24.0 Å². The van der Waals surface area contributed by atoms with Crippen LogP contribution in [0.3, 0.4) is 0 Å². The Morgan fingerprint density at radius 2 is 1.55 bits per heavy atom. The highest BCUT2D eigenvalue weighted by Crippen LogP contribution is 2.09. The molecule has 0 aliphatic heterocycles. The van der Waals surface area contributed by atoms with Crippen LogP contribution in [-0.2, 0) is 25.7 Å². The van der Waals surface area contributed by atoms with Crippen molar-refractivity contribution in [3.8, 4) is 0 Å². The van der Waals surface area contributed by atoms with E-state index in [1.807, 2.05) is 80.6 Å². The number of nitrogens with one attached hydrogen (secondary N) is 2. The van der Waals surface area contributed by atoms with Gasteiger partial charge in [0.25, 0.3) is 0 Å². The molecule has 7 nitrogen and oxygen atoms in total. The minimum absolute atomic E-state index is 0.0950. The molecule has 2 N–H and O–H groups in total. The summed E-state index contributed by atoms with van der Waals surface area (Å²) < 4.78 is 10.1. The normalized spacial score (nSPS) is 12.7. The average molecular weight is 453 g/mol. The second kappa shape index (κ2) is 13.7. The van der Waals surface area contributed by atoms with Crippen LogP contribution in [0.4, 0.5) is 4.79 Å². The summed E-state index contributed by atoms with van der Waals surface area (Å²) in [6, 6.07) is 17.2. The number of carbonyl (C=O) groups excluding carboxylic acids is 3. The maximum Gasteiger partial charge on any atom is 0.408 e. The summed E-state index contributed by atoms with van der Waals surface area (Å²) in [5.74, 6) is -0.899. The van der Waals surface area contributed by atoms with Gasteiger partial charge in [-0.2, -0.15) is 0 Å². The quantitative estimate of drug-likeness (QED) is 0.501. The average Bonchev–Trinajstić information content (AvgIpc) is 2.82. The summed E-state index contributed by atoms with van der Waals surface area (Å²) in [6.07, 6.45) is 3.61. The zero-order valence-corrected chi connectivity index (χ0v) is 19.3. The molecule has 0 saturated heterocycles. The lowest BCUT2D eigenvalue weighted by Gasteiger charge is -2.22. The molecule has 0 saturated carbocycles. The second-order valence-electron chi connectivity index (χ2n) is 8.02. The number of amides is 2. The molecule has 0 heterocycles. The molecule has 0 aliphatic carbocycles. The minimum Gasteiger partial charge on any atom is -0.467 e. The summed E-state index contributed by atoms with van der Waals surface area (Å²) in [4.78, 5) is 37.5. The van der Waals surface area contributed by atoms with Gasteiger partial charge in [-0.05, 0) is 29.9 Å². The van der Waals surface area contributed by atoms with E-state index in [1.54, 1.807) is 6.08 Å². The highest BCUT2D eigenvalue weighted by atomic mass is 16.5. The first-order valence-corrected chi connectivity index (χ1v) is 11.0. The third kappa shape index (κ3) is 9.60. The standard InChI is InChI=1S/C26H32N2O5/c1-19(2)17-23(28-26(31)33-18-21-13-8-5-9-14-21)24(29)27-22(25(30)32-3)16-10-15-20-11-6-4-7-12-20/h4-15,19,22-23H,16-18H2,1-3H3,(H,27,29)(H,28,31)/b15-10+/t22-,23+/m1/s1. The number of rotatable bonds is 11. The van der Waals surface area contributed by atoms with Gasteiger partial charge in [0.05, 0.1) is 7.11 Å². The van der Waals surface area contributed by atoms with Gasteiger partial charge in [0.15, 0.2) is 0 Å². The maximum absolute atomic E-state index is 12.9. The molecule has 0 unspecified atom stereocenters. The van der Waals surface area contributed by atoms with E-state index in [-0.39, 0.29) is 18.9 Å². The molecule has 2 atom stereocenters. The van der Waals surface area contributed by atoms with Crippen molar-refractivity contribution in [2.24, 2.45) is 5.92 Å². The molecule has 176 valence electrons. The van der Waals surface area contributed by atoms with E-state index in [4.69, 9.17) is 9.47 Å². The molecule has 2 amide bonds. The number of ether oxygens (including phenoxy) is 2. The van der Waals surface area contributed by atoms with Crippen LogP contribution in [0.1, 0.15) is 37.8 Å². The Bertz CT molecular complexity index is 913. The molecule has 0 radical (unpaired) electrons. The Kier molecular flexibility index (Phi) is 10.7. The zero-order chi connectivity index (χ0) is 24.1. The van der Waals surface area contributed by atoms with Gasteiger partial charge in [0.1, 0.15) is 18.7 Å². The second-order valence-corrected chi connectivity index (χ2v) is 8.02. The Balaban J connectivity index is 1.99. The Hall–Kier alpha value is -3.61. The molecule has 33 heavy (non-hydrogen) atoms. The van der Waals surface area contributed by atoms with Gasteiger partial charge in [0.2, 0.25) is 5.91 Å². The van der Waals surface area contributed by atoms with Crippen LogP contribution in [0.2, 0.25) is 0 Å². The van der Waals surface area contributed by atoms with E-state index >= 15 is 0 Å². The van der Waals surface area contributed by atoms with Crippen LogP contribution < -0.4 is 10.6 Å². The number of hydrogen-bond acceptors (Lipinski definition) is 5. The molecule has 0 spiro atoms. The van der Waals surface area contributed by atoms with Gasteiger partial charge in [-0.15, -0.1) is 0 Å². The van der Waals surface area contributed by atoms with E-state index in [9.17, 15) is 14.4 Å². The van der Waals surface area contributed by atoms with Crippen molar-refractivity contribution in [2.75, 3.05) is 7.11 Å². The van der Waals surface area contributed by atoms with Crippen LogP contribution in [0.15, 0.2) is 66.7 Å². The van der Waals surface area contributed by atoms with Crippen LogP contribution in [0.5, 0.6) is 0 Å². The van der Waals surface area contributed by atoms with Crippen molar-refractivity contribution in [3.05, 3.63) is 77.9 Å². The zero-order valence-electron chi connectivity index (χ0n) is 19.3. The Morgan fingerprint density at radius 1 is 0.909 bits per heavy atom. The maximum atomic E-state index is 12.9. The van der Waals surface area contributed by atoms with Crippen molar-refractivity contribution < 1.29 is 23.9 Å². The molecule has 0 aliphatic rings. The van der Waals surface area contributed by atoms with E-state index in [0.29, 0.717) is 6.42 Å². The van der Waals surface area contributed by atoms with E-state index in [1.165, 1.54) is 7.11 Å². The number of esters is 1. The summed E-state index contributed by atoms with van der Waals surface area (Å²) in [6.45, 7) is 3.98. The molecular formula is C26H32N2O5. The van der Waals surface area contributed by atoms with Crippen molar-refractivity contribution in [1.29, 1.82) is 0 Å². The largest absolute Gasteiger partial charge is 0.467 e. The number of carbonyl (C=O) groups is 3. The lowest BCUT2D eigenvalue weighted by atomic mass is 10.0. The van der Waals surface area contributed by atoms with E-state index in [0.717, 1.165) is 11.1 Å². The summed E-state index contributed by atoms with van der Waals surface area (Å²) in [7, 11) is 1.27. The number of hydrogen-bond donors (Lipinski definition) is 2. The molecule has 7 heteroatoms. The van der Waals surface area contributed by atoms with Crippen LogP contribution in [-0.4, -0.2) is 37.2 Å². The van der Waals surface area contributed by atoms with Gasteiger partial charge >= 0.3 is 12.1 Å². The van der Waals surface area contributed by atoms with Gasteiger partial charge in [-0.25, -0.2) is 9.59 Å². The van der Waals surface area contributed by atoms with Crippen molar-refractivity contribution in [2.45, 2.75) is 45.4 Å². The van der Waals surface area contributed by atoms with Gasteiger partial charge in [-0.1, -0.05) is 86.7 Å². The third-order valence-corrected chi connectivity index (χ3v) is 4.81. The van der Waals surface area contributed by atoms with Crippen molar-refractivity contribution in [1.82, 2.24) is 10.6 Å². The molecular weight excluding hydrogens is 420 g/mol. The van der Waals surface area contributed by atoms with Crippen LogP contribution in [0.25, 0.3) is 6.08 Å². The lowest BCUT2D eigenvalue weighted by molar-refractivity contribution is -0.145. The highest BCUT2D eigenvalue weighted by Gasteiger charge is 2.27. The fourth-order valence-electron chi connectivity index (χ4n) is 3.14. The SMILES string of the molecule is COC(=O)[C@@H](C/C=C/c1ccccc1)NC(=O)[C@H](CC(C)C)NC(=O)OCc1ccccc1. The number of benzene rings is 2. The van der Waals surface area contributed by atoms with E-state index < -0.39 is 30.1 Å². The Labute approximate surface area is 195 Å². The van der Waals surface area contributed by atoms with E-state index in [2.05, 4.69) is 10.6 Å². The number of methoxy groups -OCH3 is 1. The molecule has 0 aromatic heterocycles. The van der Waals surface area contributed by atoms with Crippen LogP contribution in [0, 0.1) is 5.92 Å². The van der Waals surface area contributed by atoms with Crippen molar-refractivity contribution in [3.63, 3.8) is 0 Å². The fourth-order valence-corrected chi connectivity index (χ4v) is 3.14. The molecule has 0 bridgehead atoms. The molecule has 2 rings (SSSR count). The van der Waals surface area contributed by atoms with Gasteiger partial charge in [-0.3, -0.25) is 4.79 Å². The lowest BCUT2D eigenvalue weighted by Crippen LogP contribution is -2.52. The smallest absolute Gasteiger partial charge is 0.408 e. The first kappa shape index (κ1) is 25.6. The molecule has 0 fully saturated rings. The third-order valence-electron chi connectivity index (χ3n) is 4.81. The minimum atomic E-state index is -0.876. The van der Waals surface area contributed by atoms with Gasteiger partial charge < -0.3 is 20.1 Å². The molecule has 2 aromatic rings. The first-order chi connectivity index (χ1) is 15.9. The first-order valence-electron chi connectivity index (χ1n) is 11.0. The monoisotopic (exact) mass is 452 g/mol. The highest BCUT2D eigenvalue weighted by molar-refractivity contribution is 5.89. The van der Waals surface area contributed by atoms with Crippen LogP contribution >= 0.6 is 0 Å². The fraction of sp³-hybridized carbons (Fsp3) is 0.346. The summed E-state index contributed by atoms with van der Waals surface area (Å²) >= 11 is 0. The van der Waals surface area contributed by atoms with Gasteiger partial charge in [0, 0.05) is 0 Å². The predicted octanol–water partition coefficient (Wildman–Crippen LogP) is 4.09. The predicted molar refractivity (Wildman–Crippen MR) is 127 cm³/mol. The summed E-state index contributed by atoms with van der Waals surface area (Å²) in [5.41, 5.74) is 1.82.